The number of aliphatic hydroxyl groups is 1. The van der Waals surface area contributed by atoms with Gasteiger partial charge in [-0.1, -0.05) is 0 Å². The molecule has 0 fully saturated rings. The van der Waals surface area contributed by atoms with Gasteiger partial charge in [0, 0.05) is 6.54 Å². The van der Waals surface area contributed by atoms with Crippen LogP contribution in [0.25, 0.3) is 0 Å². The first-order chi connectivity index (χ1) is 8.06. The molecule has 0 aromatic carbocycles. The first-order valence-corrected chi connectivity index (χ1v) is 7.78. The van der Waals surface area contributed by atoms with Crippen molar-refractivity contribution < 1.29 is 5.11 Å². The summed E-state index contributed by atoms with van der Waals surface area (Å²) in [5.41, 5.74) is 0.890. The Bertz CT molecular complexity index is 343. The molecule has 1 atom stereocenters. The highest BCUT2D eigenvalue weighted by molar-refractivity contribution is 9.10. The number of halogens is 1. The third kappa shape index (κ3) is 4.62. The molecule has 0 aliphatic carbocycles. The molecule has 6 heteroatoms. The smallest absolute Gasteiger partial charge is 0.0976 e. The highest BCUT2D eigenvalue weighted by Gasteiger charge is 2.17. The third-order valence-corrected chi connectivity index (χ3v) is 3.76. The summed E-state index contributed by atoms with van der Waals surface area (Å²) in [5, 5.41) is 14.4. The Morgan fingerprint density at radius 3 is 2.88 bits per heavy atom. The monoisotopic (exact) mass is 321 g/mol. The van der Waals surface area contributed by atoms with E-state index in [9.17, 15) is 5.11 Å². The lowest BCUT2D eigenvalue weighted by Crippen LogP contribution is -2.21. The zero-order chi connectivity index (χ0) is 12.8. The van der Waals surface area contributed by atoms with Gasteiger partial charge in [-0.3, -0.25) is 4.68 Å². The van der Waals surface area contributed by atoms with Crippen LogP contribution in [-0.2, 0) is 6.54 Å². The molecule has 0 saturated heterocycles. The molecule has 1 heterocycles. The van der Waals surface area contributed by atoms with Crippen LogP contribution in [0, 0.1) is 0 Å². The molecule has 0 aliphatic heterocycles. The van der Waals surface area contributed by atoms with Crippen molar-refractivity contribution in [2.45, 2.75) is 19.1 Å². The highest BCUT2D eigenvalue weighted by atomic mass is 79.9. The summed E-state index contributed by atoms with van der Waals surface area (Å²) < 4.78 is 2.78. The average molecular weight is 322 g/mol. The van der Waals surface area contributed by atoms with Crippen molar-refractivity contribution in [2.75, 3.05) is 32.6 Å². The fraction of sp³-hybridized carbons (Fsp3) is 0.727. The lowest BCUT2D eigenvalue weighted by molar-refractivity contribution is 0.161. The van der Waals surface area contributed by atoms with Crippen molar-refractivity contribution in [2.24, 2.45) is 0 Å². The third-order valence-electron chi connectivity index (χ3n) is 2.50. The maximum atomic E-state index is 10.1. The molecule has 17 heavy (non-hydrogen) atoms. The van der Waals surface area contributed by atoms with Gasteiger partial charge in [-0.2, -0.15) is 16.9 Å². The van der Waals surface area contributed by atoms with Gasteiger partial charge in [0.2, 0.25) is 0 Å². The van der Waals surface area contributed by atoms with Crippen LogP contribution < -0.4 is 0 Å². The lowest BCUT2D eigenvalue weighted by atomic mass is 10.2. The van der Waals surface area contributed by atoms with Crippen LogP contribution in [0.15, 0.2) is 10.7 Å². The summed E-state index contributed by atoms with van der Waals surface area (Å²) >= 11 is 5.20. The summed E-state index contributed by atoms with van der Waals surface area (Å²) in [5.74, 6) is 0.951. The van der Waals surface area contributed by atoms with Crippen molar-refractivity contribution in [1.82, 2.24) is 14.7 Å². The predicted octanol–water partition coefficient (Wildman–Crippen LogP) is 1.99. The molecule has 0 radical (unpaired) electrons. The molecule has 0 aliphatic rings. The molecule has 0 bridgehead atoms. The zero-order valence-corrected chi connectivity index (χ0v) is 13.0. The Hall–Kier alpha value is -0.0400. The molecule has 4 nitrogen and oxygen atoms in total. The molecular weight excluding hydrogens is 302 g/mol. The van der Waals surface area contributed by atoms with Gasteiger partial charge in [-0.25, -0.2) is 0 Å². The molecule has 1 unspecified atom stereocenters. The standard InChI is InChI=1S/C11H20BrN3OS/c1-14(2)5-6-15-11(9(12)8-13-15)10(16)4-7-17-3/h8,10,16H,4-7H2,1-3H3. The Balaban J connectivity index is 2.71. The fourth-order valence-electron chi connectivity index (χ4n) is 1.54. The molecule has 98 valence electrons. The summed E-state index contributed by atoms with van der Waals surface area (Å²) in [7, 11) is 4.06. The van der Waals surface area contributed by atoms with Gasteiger partial charge in [-0.05, 0) is 48.5 Å². The minimum absolute atomic E-state index is 0.443. The van der Waals surface area contributed by atoms with Crippen molar-refractivity contribution in [3.8, 4) is 0 Å². The second-order valence-corrected chi connectivity index (χ2v) is 6.04. The number of rotatable bonds is 7. The van der Waals surface area contributed by atoms with E-state index in [4.69, 9.17) is 0 Å². The van der Waals surface area contributed by atoms with Crippen molar-refractivity contribution in [3.05, 3.63) is 16.4 Å². The van der Waals surface area contributed by atoms with Gasteiger partial charge in [0.15, 0.2) is 0 Å². The molecule has 0 amide bonds. The quantitative estimate of drug-likeness (QED) is 0.834. The number of likely N-dealkylation sites (N-methyl/N-ethyl adjacent to an activating group) is 1. The second-order valence-electron chi connectivity index (χ2n) is 4.20. The Morgan fingerprint density at radius 2 is 2.29 bits per heavy atom. The van der Waals surface area contributed by atoms with Crippen molar-refractivity contribution in [1.29, 1.82) is 0 Å². The second kappa shape index (κ2) is 7.41. The van der Waals surface area contributed by atoms with E-state index in [1.165, 1.54) is 0 Å². The van der Waals surface area contributed by atoms with Crippen LogP contribution in [-0.4, -0.2) is 52.4 Å². The molecule has 1 rings (SSSR count). The molecule has 1 N–H and O–H groups in total. The van der Waals surface area contributed by atoms with Crippen molar-refractivity contribution >= 4 is 27.7 Å². The topological polar surface area (TPSA) is 41.3 Å². The van der Waals surface area contributed by atoms with Gasteiger partial charge >= 0.3 is 0 Å². The van der Waals surface area contributed by atoms with Crippen LogP contribution >= 0.6 is 27.7 Å². The number of aliphatic hydroxyl groups excluding tert-OH is 1. The summed E-state index contributed by atoms with van der Waals surface area (Å²) in [6, 6.07) is 0. The predicted molar refractivity (Wildman–Crippen MR) is 76.4 cm³/mol. The van der Waals surface area contributed by atoms with Gasteiger partial charge < -0.3 is 10.0 Å². The Labute approximate surface area is 116 Å². The largest absolute Gasteiger partial charge is 0.387 e. The summed E-state index contributed by atoms with van der Waals surface area (Å²) in [4.78, 5) is 2.10. The number of aromatic nitrogens is 2. The van der Waals surface area contributed by atoms with E-state index < -0.39 is 6.10 Å². The Kier molecular flexibility index (Phi) is 6.54. The first-order valence-electron chi connectivity index (χ1n) is 5.59. The SMILES string of the molecule is CSCCC(O)c1c(Br)cnn1CCN(C)C. The van der Waals surface area contributed by atoms with Crippen LogP contribution in [0.1, 0.15) is 18.2 Å². The molecule has 0 spiro atoms. The lowest BCUT2D eigenvalue weighted by Gasteiger charge is -2.15. The van der Waals surface area contributed by atoms with E-state index in [-0.39, 0.29) is 0 Å². The van der Waals surface area contributed by atoms with Crippen molar-refractivity contribution in [3.63, 3.8) is 0 Å². The molecule has 0 saturated carbocycles. The fourth-order valence-corrected chi connectivity index (χ4v) is 2.56. The van der Waals surface area contributed by atoms with Gasteiger partial charge in [0.25, 0.3) is 0 Å². The Morgan fingerprint density at radius 1 is 1.59 bits per heavy atom. The van der Waals surface area contributed by atoms with E-state index >= 15 is 0 Å². The minimum Gasteiger partial charge on any atom is -0.387 e. The van der Waals surface area contributed by atoms with Gasteiger partial charge in [0.05, 0.1) is 29.0 Å². The maximum Gasteiger partial charge on any atom is 0.0976 e. The van der Waals surface area contributed by atoms with E-state index in [1.54, 1.807) is 18.0 Å². The molecule has 1 aromatic rings. The van der Waals surface area contributed by atoms with Crippen LogP contribution in [0.4, 0.5) is 0 Å². The minimum atomic E-state index is -0.443. The van der Waals surface area contributed by atoms with E-state index in [0.29, 0.717) is 0 Å². The molecular formula is C11H20BrN3OS. The highest BCUT2D eigenvalue weighted by Crippen LogP contribution is 2.26. The average Bonchev–Trinajstić information content (AvgIpc) is 2.64. The van der Waals surface area contributed by atoms with Crippen LogP contribution in [0.5, 0.6) is 0 Å². The van der Waals surface area contributed by atoms with Gasteiger partial charge in [-0.15, -0.1) is 0 Å². The zero-order valence-electron chi connectivity index (χ0n) is 10.6. The maximum absolute atomic E-state index is 10.1. The number of hydrogen-bond acceptors (Lipinski definition) is 4. The van der Waals surface area contributed by atoms with Crippen LogP contribution in [0.2, 0.25) is 0 Å². The van der Waals surface area contributed by atoms with E-state index in [1.807, 2.05) is 25.0 Å². The van der Waals surface area contributed by atoms with E-state index in [0.717, 1.165) is 35.4 Å². The summed E-state index contributed by atoms with van der Waals surface area (Å²) in [6.07, 6.45) is 4.12. The van der Waals surface area contributed by atoms with E-state index in [2.05, 4.69) is 25.9 Å². The number of thioether (sulfide) groups is 1. The molecule has 1 aromatic heterocycles. The summed E-state index contributed by atoms with van der Waals surface area (Å²) in [6.45, 7) is 1.71. The van der Waals surface area contributed by atoms with Crippen LogP contribution in [0.3, 0.4) is 0 Å². The first kappa shape index (κ1) is 15.0. The normalized spacial score (nSPS) is 13.3. The van der Waals surface area contributed by atoms with Gasteiger partial charge in [0.1, 0.15) is 0 Å². The number of nitrogens with zero attached hydrogens (tertiary/aromatic N) is 3. The number of hydrogen-bond donors (Lipinski definition) is 1.